The van der Waals surface area contributed by atoms with E-state index in [2.05, 4.69) is 29.5 Å². The van der Waals surface area contributed by atoms with Gasteiger partial charge in [-0.2, -0.15) is 0 Å². The second-order valence-corrected chi connectivity index (χ2v) is 6.33. The lowest BCUT2D eigenvalue weighted by atomic mass is 10.2. The van der Waals surface area contributed by atoms with Crippen LogP contribution in [0.15, 0.2) is 24.3 Å². The Balaban J connectivity index is 2.10. The zero-order valence-corrected chi connectivity index (χ0v) is 15.0. The number of nitrogens with zero attached hydrogens (tertiary/aromatic N) is 2. The van der Waals surface area contributed by atoms with E-state index in [-0.39, 0.29) is 25.0 Å². The van der Waals surface area contributed by atoms with Crippen molar-refractivity contribution in [2.75, 3.05) is 26.8 Å². The Hall–Kier alpha value is -2.41. The number of carbonyl (C=O) groups excluding carboxylic acids is 2. The minimum Gasteiger partial charge on any atom is -0.375 e. The van der Waals surface area contributed by atoms with E-state index < -0.39 is 0 Å². The third-order valence-electron chi connectivity index (χ3n) is 3.69. The van der Waals surface area contributed by atoms with Crippen LogP contribution in [0.5, 0.6) is 0 Å². The first-order valence-corrected chi connectivity index (χ1v) is 8.47. The summed E-state index contributed by atoms with van der Waals surface area (Å²) < 4.78 is 6.70. The molecule has 0 saturated carbocycles. The van der Waals surface area contributed by atoms with Crippen LogP contribution in [0.25, 0.3) is 11.0 Å². The van der Waals surface area contributed by atoms with E-state index in [1.165, 1.54) is 7.11 Å². The van der Waals surface area contributed by atoms with E-state index >= 15 is 0 Å². The number of hydrogen-bond acceptors (Lipinski definition) is 4. The molecule has 0 bridgehead atoms. The SMILES string of the molecule is COCC(=O)NCCc1nc2ccccc2n1CC(=O)NCC(C)C. The molecule has 0 unspecified atom stereocenters. The molecule has 2 aromatic rings. The van der Waals surface area contributed by atoms with Crippen molar-refractivity contribution in [3.63, 3.8) is 0 Å². The van der Waals surface area contributed by atoms with Crippen molar-refractivity contribution < 1.29 is 14.3 Å². The Morgan fingerprint density at radius 2 is 1.96 bits per heavy atom. The first-order valence-electron chi connectivity index (χ1n) is 8.47. The molecule has 0 aliphatic rings. The molecule has 0 aliphatic heterocycles. The molecule has 0 spiro atoms. The van der Waals surface area contributed by atoms with Gasteiger partial charge in [0.2, 0.25) is 11.8 Å². The fourth-order valence-corrected chi connectivity index (χ4v) is 2.51. The third kappa shape index (κ3) is 5.56. The Labute approximate surface area is 147 Å². The van der Waals surface area contributed by atoms with E-state index in [0.717, 1.165) is 16.9 Å². The Bertz CT molecular complexity index is 724. The summed E-state index contributed by atoms with van der Waals surface area (Å²) in [5, 5.41) is 5.71. The molecular weight excluding hydrogens is 320 g/mol. The largest absolute Gasteiger partial charge is 0.375 e. The van der Waals surface area contributed by atoms with Crippen molar-refractivity contribution in [2.24, 2.45) is 5.92 Å². The number of nitrogens with one attached hydrogen (secondary N) is 2. The molecule has 0 atom stereocenters. The zero-order valence-electron chi connectivity index (χ0n) is 15.0. The lowest BCUT2D eigenvalue weighted by molar-refractivity contribution is -0.124. The van der Waals surface area contributed by atoms with Gasteiger partial charge in [0.25, 0.3) is 0 Å². The van der Waals surface area contributed by atoms with Crippen LogP contribution in [0.4, 0.5) is 0 Å². The normalized spacial score (nSPS) is 11.0. The summed E-state index contributed by atoms with van der Waals surface area (Å²) in [7, 11) is 1.48. The lowest BCUT2D eigenvalue weighted by Gasteiger charge is -2.11. The Morgan fingerprint density at radius 1 is 1.20 bits per heavy atom. The van der Waals surface area contributed by atoms with E-state index in [1.807, 2.05) is 28.8 Å². The van der Waals surface area contributed by atoms with Crippen LogP contribution in [0.2, 0.25) is 0 Å². The van der Waals surface area contributed by atoms with Crippen molar-refractivity contribution in [1.29, 1.82) is 0 Å². The number of methoxy groups -OCH3 is 1. The Morgan fingerprint density at radius 3 is 2.68 bits per heavy atom. The van der Waals surface area contributed by atoms with E-state index in [4.69, 9.17) is 4.74 Å². The number of aromatic nitrogens is 2. The number of para-hydroxylation sites is 2. The fraction of sp³-hybridized carbons (Fsp3) is 0.500. The summed E-state index contributed by atoms with van der Waals surface area (Å²) in [5.74, 6) is 0.971. The number of fused-ring (bicyclic) bond motifs is 1. The van der Waals surface area contributed by atoms with Crippen LogP contribution in [0, 0.1) is 5.92 Å². The van der Waals surface area contributed by atoms with Gasteiger partial charge in [0.05, 0.1) is 11.0 Å². The van der Waals surface area contributed by atoms with E-state index in [0.29, 0.717) is 25.4 Å². The molecule has 7 nitrogen and oxygen atoms in total. The van der Waals surface area contributed by atoms with Crippen molar-refractivity contribution in [1.82, 2.24) is 20.2 Å². The van der Waals surface area contributed by atoms with Gasteiger partial charge in [-0.05, 0) is 18.1 Å². The second-order valence-electron chi connectivity index (χ2n) is 6.33. The number of hydrogen-bond donors (Lipinski definition) is 2. The minimum absolute atomic E-state index is 0.0357. The highest BCUT2D eigenvalue weighted by atomic mass is 16.5. The zero-order chi connectivity index (χ0) is 18.2. The van der Waals surface area contributed by atoms with Gasteiger partial charge >= 0.3 is 0 Å². The molecule has 0 aliphatic carbocycles. The maximum absolute atomic E-state index is 12.2. The molecule has 25 heavy (non-hydrogen) atoms. The predicted molar refractivity (Wildman–Crippen MR) is 96.2 cm³/mol. The molecule has 0 fully saturated rings. The predicted octanol–water partition coefficient (Wildman–Crippen LogP) is 1.11. The van der Waals surface area contributed by atoms with Gasteiger partial charge in [-0.1, -0.05) is 26.0 Å². The standard InChI is InChI=1S/C18H26N4O3/c1-13(2)10-20-17(23)11-22-15-7-5-4-6-14(15)21-16(22)8-9-19-18(24)12-25-3/h4-7,13H,8-12H2,1-3H3,(H,19,24)(H,20,23). The molecule has 0 radical (unpaired) electrons. The van der Waals surface area contributed by atoms with Crippen LogP contribution in [-0.4, -0.2) is 48.2 Å². The van der Waals surface area contributed by atoms with Crippen molar-refractivity contribution >= 4 is 22.8 Å². The number of carbonyl (C=O) groups is 2. The van der Waals surface area contributed by atoms with Crippen molar-refractivity contribution in [3.05, 3.63) is 30.1 Å². The summed E-state index contributed by atoms with van der Waals surface area (Å²) >= 11 is 0. The third-order valence-corrected chi connectivity index (χ3v) is 3.69. The molecule has 7 heteroatoms. The average Bonchev–Trinajstić information content (AvgIpc) is 2.91. The number of imidazole rings is 1. The fourth-order valence-electron chi connectivity index (χ4n) is 2.51. The highest BCUT2D eigenvalue weighted by Crippen LogP contribution is 2.16. The molecule has 1 aromatic heterocycles. The van der Waals surface area contributed by atoms with Crippen LogP contribution in [0.3, 0.4) is 0 Å². The van der Waals surface area contributed by atoms with Gasteiger partial charge in [-0.15, -0.1) is 0 Å². The maximum Gasteiger partial charge on any atom is 0.245 e. The van der Waals surface area contributed by atoms with E-state index in [1.54, 1.807) is 0 Å². The summed E-state index contributed by atoms with van der Waals surface area (Å²) in [4.78, 5) is 28.3. The highest BCUT2D eigenvalue weighted by Gasteiger charge is 2.14. The van der Waals surface area contributed by atoms with Crippen molar-refractivity contribution in [3.8, 4) is 0 Å². The Kier molecular flexibility index (Phi) is 6.94. The molecule has 136 valence electrons. The average molecular weight is 346 g/mol. The van der Waals surface area contributed by atoms with Crippen molar-refractivity contribution in [2.45, 2.75) is 26.8 Å². The van der Waals surface area contributed by atoms with Gasteiger partial charge in [0, 0.05) is 26.6 Å². The van der Waals surface area contributed by atoms with Gasteiger partial charge in [-0.25, -0.2) is 4.98 Å². The number of rotatable bonds is 9. The van der Waals surface area contributed by atoms with Crippen LogP contribution < -0.4 is 10.6 Å². The summed E-state index contributed by atoms with van der Waals surface area (Å²) in [6, 6.07) is 7.72. The van der Waals surface area contributed by atoms with Gasteiger partial charge in [0.15, 0.2) is 0 Å². The smallest absolute Gasteiger partial charge is 0.245 e. The first-order chi connectivity index (χ1) is 12.0. The summed E-state index contributed by atoms with van der Waals surface area (Å²) in [6.45, 7) is 5.46. The first kappa shape index (κ1) is 18.9. The van der Waals surface area contributed by atoms with Gasteiger partial charge in [0.1, 0.15) is 19.0 Å². The molecule has 2 rings (SSSR count). The number of ether oxygens (including phenoxy) is 1. The van der Waals surface area contributed by atoms with Gasteiger partial charge in [-0.3, -0.25) is 9.59 Å². The second kappa shape index (κ2) is 9.17. The van der Waals surface area contributed by atoms with Crippen LogP contribution in [0.1, 0.15) is 19.7 Å². The molecule has 1 aromatic carbocycles. The topological polar surface area (TPSA) is 85.2 Å². The molecule has 2 amide bonds. The van der Waals surface area contributed by atoms with Crippen LogP contribution >= 0.6 is 0 Å². The molecule has 1 heterocycles. The molecular formula is C18H26N4O3. The molecule has 2 N–H and O–H groups in total. The number of amides is 2. The van der Waals surface area contributed by atoms with E-state index in [9.17, 15) is 9.59 Å². The quantitative estimate of drug-likeness (QED) is 0.712. The summed E-state index contributed by atoms with van der Waals surface area (Å²) in [5.41, 5.74) is 1.76. The monoisotopic (exact) mass is 346 g/mol. The number of benzene rings is 1. The lowest BCUT2D eigenvalue weighted by Crippen LogP contribution is -2.32. The van der Waals surface area contributed by atoms with Crippen LogP contribution in [-0.2, 0) is 27.3 Å². The summed E-state index contributed by atoms with van der Waals surface area (Å²) in [6.07, 6.45) is 0.543. The van der Waals surface area contributed by atoms with Gasteiger partial charge < -0.3 is 19.9 Å². The highest BCUT2D eigenvalue weighted by molar-refractivity contribution is 5.81. The minimum atomic E-state index is -0.167. The maximum atomic E-state index is 12.2. The molecule has 0 saturated heterocycles.